The SMILES string of the molecule is Cc1cc(C(F)(F)F)c(C(F)(F)F)cc1C(O)C(=O)O. The van der Waals surface area contributed by atoms with Crippen molar-refractivity contribution in [2.24, 2.45) is 0 Å². The average molecular weight is 302 g/mol. The van der Waals surface area contributed by atoms with Crippen LogP contribution in [-0.2, 0) is 17.1 Å². The summed E-state index contributed by atoms with van der Waals surface area (Å²) in [6, 6.07) is 0.182. The first-order chi connectivity index (χ1) is 8.85. The zero-order valence-electron chi connectivity index (χ0n) is 9.80. The van der Waals surface area contributed by atoms with Crippen LogP contribution in [0.3, 0.4) is 0 Å². The van der Waals surface area contributed by atoms with E-state index in [0.29, 0.717) is 0 Å². The van der Waals surface area contributed by atoms with Gasteiger partial charge in [0.05, 0.1) is 11.1 Å². The maximum Gasteiger partial charge on any atom is 0.417 e. The summed E-state index contributed by atoms with van der Waals surface area (Å²) in [5, 5.41) is 17.7. The van der Waals surface area contributed by atoms with Crippen LogP contribution in [0.25, 0.3) is 0 Å². The van der Waals surface area contributed by atoms with Crippen molar-refractivity contribution in [3.8, 4) is 0 Å². The summed E-state index contributed by atoms with van der Waals surface area (Å²) in [6.07, 6.45) is -12.9. The van der Waals surface area contributed by atoms with Crippen LogP contribution in [0.15, 0.2) is 12.1 Å². The van der Waals surface area contributed by atoms with Crippen molar-refractivity contribution < 1.29 is 41.4 Å². The molecule has 1 aromatic carbocycles. The standard InChI is InChI=1S/C11H8F6O3/c1-4-2-6(10(12,13)14)7(11(15,16)17)3-5(4)8(18)9(19)20/h2-3,8,18H,1H3,(H,19,20). The molecule has 112 valence electrons. The minimum absolute atomic E-state index is 0.0109. The van der Waals surface area contributed by atoms with Gasteiger partial charge in [-0.2, -0.15) is 26.3 Å². The lowest BCUT2D eigenvalue weighted by Gasteiger charge is -2.19. The van der Waals surface area contributed by atoms with Crippen molar-refractivity contribution >= 4 is 5.97 Å². The van der Waals surface area contributed by atoms with Crippen molar-refractivity contribution in [3.05, 3.63) is 34.4 Å². The Morgan fingerprint density at radius 1 is 1.05 bits per heavy atom. The van der Waals surface area contributed by atoms with E-state index in [-0.39, 0.29) is 12.1 Å². The Balaban J connectivity index is 3.61. The van der Waals surface area contributed by atoms with Crippen LogP contribution < -0.4 is 0 Å². The second-order valence-corrected chi connectivity index (χ2v) is 3.99. The molecule has 1 unspecified atom stereocenters. The Morgan fingerprint density at radius 3 is 1.80 bits per heavy atom. The van der Waals surface area contributed by atoms with Crippen LogP contribution in [0.2, 0.25) is 0 Å². The Morgan fingerprint density at radius 2 is 1.45 bits per heavy atom. The van der Waals surface area contributed by atoms with Gasteiger partial charge in [-0.1, -0.05) is 0 Å². The molecule has 0 saturated carbocycles. The van der Waals surface area contributed by atoms with Crippen LogP contribution in [0.1, 0.15) is 28.4 Å². The van der Waals surface area contributed by atoms with Crippen molar-refractivity contribution in [2.75, 3.05) is 0 Å². The monoisotopic (exact) mass is 302 g/mol. The van der Waals surface area contributed by atoms with E-state index in [1.807, 2.05) is 0 Å². The number of hydrogen-bond donors (Lipinski definition) is 2. The smallest absolute Gasteiger partial charge is 0.417 e. The number of aliphatic hydroxyl groups excluding tert-OH is 1. The number of aryl methyl sites for hydroxylation is 1. The van der Waals surface area contributed by atoms with Gasteiger partial charge in [-0.05, 0) is 30.2 Å². The van der Waals surface area contributed by atoms with E-state index >= 15 is 0 Å². The Hall–Kier alpha value is -1.77. The molecule has 0 aliphatic carbocycles. The number of alkyl halides is 6. The van der Waals surface area contributed by atoms with E-state index < -0.39 is 46.7 Å². The lowest BCUT2D eigenvalue weighted by Crippen LogP contribution is -2.20. The van der Waals surface area contributed by atoms with Crippen LogP contribution >= 0.6 is 0 Å². The molecule has 2 N–H and O–H groups in total. The molecule has 0 spiro atoms. The molecule has 1 atom stereocenters. The van der Waals surface area contributed by atoms with Crippen LogP contribution in [0.4, 0.5) is 26.3 Å². The Bertz CT molecular complexity index is 532. The first-order valence-electron chi connectivity index (χ1n) is 5.05. The lowest BCUT2D eigenvalue weighted by atomic mass is 9.95. The van der Waals surface area contributed by atoms with Gasteiger partial charge < -0.3 is 10.2 Å². The molecule has 0 aromatic heterocycles. The van der Waals surface area contributed by atoms with Gasteiger partial charge in [-0.15, -0.1) is 0 Å². The second-order valence-electron chi connectivity index (χ2n) is 3.99. The number of carboxylic acids is 1. The van der Waals surface area contributed by atoms with Gasteiger partial charge in [0.2, 0.25) is 0 Å². The van der Waals surface area contributed by atoms with Crippen LogP contribution in [-0.4, -0.2) is 16.2 Å². The number of halogens is 6. The molecule has 9 heteroatoms. The maximum absolute atomic E-state index is 12.6. The molecule has 0 radical (unpaired) electrons. The summed E-state index contributed by atoms with van der Waals surface area (Å²) in [4.78, 5) is 10.5. The fourth-order valence-corrected chi connectivity index (χ4v) is 1.62. The molecule has 1 aromatic rings. The first-order valence-corrected chi connectivity index (χ1v) is 5.05. The van der Waals surface area contributed by atoms with Gasteiger partial charge in [0.25, 0.3) is 0 Å². The quantitative estimate of drug-likeness (QED) is 0.825. The van der Waals surface area contributed by atoms with E-state index in [4.69, 9.17) is 5.11 Å². The molecule has 0 heterocycles. The van der Waals surface area contributed by atoms with Crippen molar-refractivity contribution in [2.45, 2.75) is 25.4 Å². The van der Waals surface area contributed by atoms with E-state index in [2.05, 4.69) is 0 Å². The van der Waals surface area contributed by atoms with Crippen molar-refractivity contribution in [1.29, 1.82) is 0 Å². The molecule has 0 bridgehead atoms. The predicted octanol–water partition coefficient (Wildman–Crippen LogP) is 3.15. The van der Waals surface area contributed by atoms with E-state index in [1.54, 1.807) is 0 Å². The topological polar surface area (TPSA) is 57.5 Å². The molecule has 0 saturated heterocycles. The summed E-state index contributed by atoms with van der Waals surface area (Å²) in [5.41, 5.74) is -5.10. The number of aliphatic carboxylic acids is 1. The fraction of sp³-hybridized carbons (Fsp3) is 0.364. The summed E-state index contributed by atoms with van der Waals surface area (Å²) >= 11 is 0. The summed E-state index contributed by atoms with van der Waals surface area (Å²) < 4.78 is 75.6. The molecule has 1 rings (SSSR count). The van der Waals surface area contributed by atoms with Crippen molar-refractivity contribution in [1.82, 2.24) is 0 Å². The summed E-state index contributed by atoms with van der Waals surface area (Å²) in [7, 11) is 0. The number of hydrogen-bond acceptors (Lipinski definition) is 2. The van der Waals surface area contributed by atoms with E-state index in [1.165, 1.54) is 0 Å². The van der Waals surface area contributed by atoms with Gasteiger partial charge in [-0.25, -0.2) is 4.79 Å². The first kappa shape index (κ1) is 16.3. The third-order valence-electron chi connectivity index (χ3n) is 2.55. The van der Waals surface area contributed by atoms with Crippen LogP contribution in [0, 0.1) is 6.92 Å². The highest BCUT2D eigenvalue weighted by Crippen LogP contribution is 2.42. The zero-order chi connectivity index (χ0) is 15.9. The minimum atomic E-state index is -5.33. The molecule has 0 aliphatic heterocycles. The highest BCUT2D eigenvalue weighted by Gasteiger charge is 2.44. The molecule has 0 amide bonds. The second kappa shape index (κ2) is 4.97. The normalized spacial score (nSPS) is 14.2. The minimum Gasteiger partial charge on any atom is -0.479 e. The molecular formula is C11H8F6O3. The van der Waals surface area contributed by atoms with Gasteiger partial charge in [0.15, 0.2) is 6.10 Å². The number of benzene rings is 1. The third kappa shape index (κ3) is 3.21. The number of carboxylic acid groups (broad SMARTS) is 1. The highest BCUT2D eigenvalue weighted by molar-refractivity contribution is 5.74. The molecule has 3 nitrogen and oxygen atoms in total. The number of rotatable bonds is 2. The third-order valence-corrected chi connectivity index (χ3v) is 2.55. The predicted molar refractivity (Wildman–Crippen MR) is 53.8 cm³/mol. The van der Waals surface area contributed by atoms with Gasteiger partial charge in [0, 0.05) is 0 Å². The Kier molecular flexibility index (Phi) is 4.04. The van der Waals surface area contributed by atoms with Crippen LogP contribution in [0.5, 0.6) is 0 Å². The average Bonchev–Trinajstić information content (AvgIpc) is 2.24. The van der Waals surface area contributed by atoms with Gasteiger partial charge in [-0.3, -0.25) is 0 Å². The van der Waals surface area contributed by atoms with E-state index in [9.17, 15) is 36.2 Å². The number of carbonyl (C=O) groups is 1. The summed E-state index contributed by atoms with van der Waals surface area (Å²) in [6.45, 7) is 0.983. The van der Waals surface area contributed by atoms with Crippen molar-refractivity contribution in [3.63, 3.8) is 0 Å². The maximum atomic E-state index is 12.6. The highest BCUT2D eigenvalue weighted by atomic mass is 19.4. The molecule has 20 heavy (non-hydrogen) atoms. The fourth-order valence-electron chi connectivity index (χ4n) is 1.62. The molecular weight excluding hydrogens is 294 g/mol. The lowest BCUT2D eigenvalue weighted by molar-refractivity contribution is -0.162. The van der Waals surface area contributed by atoms with Gasteiger partial charge >= 0.3 is 18.3 Å². The molecule has 0 aliphatic rings. The van der Waals surface area contributed by atoms with E-state index in [0.717, 1.165) is 6.92 Å². The van der Waals surface area contributed by atoms with Gasteiger partial charge in [0.1, 0.15) is 0 Å². The molecule has 0 fully saturated rings. The summed E-state index contributed by atoms with van der Waals surface area (Å²) in [5.74, 6) is -1.86. The largest absolute Gasteiger partial charge is 0.479 e. The zero-order valence-corrected chi connectivity index (χ0v) is 9.80. The Labute approximate surface area is 108 Å². The number of aliphatic hydroxyl groups is 1.